The third-order valence-electron chi connectivity index (χ3n) is 4.57. The summed E-state index contributed by atoms with van der Waals surface area (Å²) in [6, 6.07) is 5.24. The van der Waals surface area contributed by atoms with E-state index in [1.807, 2.05) is 0 Å². The van der Waals surface area contributed by atoms with Crippen molar-refractivity contribution in [2.24, 2.45) is 0 Å². The van der Waals surface area contributed by atoms with Gasteiger partial charge in [-0.15, -0.1) is 0 Å². The molecule has 1 atom stereocenters. The van der Waals surface area contributed by atoms with Crippen LogP contribution in [0.2, 0.25) is 5.02 Å². The lowest BCUT2D eigenvalue weighted by Gasteiger charge is -2.17. The summed E-state index contributed by atoms with van der Waals surface area (Å²) < 4.78 is 21.1. The number of rotatable bonds is 8. The second-order valence-electron chi connectivity index (χ2n) is 6.96. The molecular weight excluding hydrogens is 536 g/mol. The van der Waals surface area contributed by atoms with Crippen LogP contribution in [0.25, 0.3) is 6.08 Å². The number of esters is 2. The average molecular weight is 556 g/mol. The average Bonchev–Trinajstić information content (AvgIpc) is 3.36. The third kappa shape index (κ3) is 5.60. The lowest BCUT2D eigenvalue weighted by atomic mass is 10.1. The molecule has 2 aromatic rings. The standard InChI is InChI=1S/C22H20BrClN2O8/c1-4-32-20(28)11(2)33-18-12(7-13(24)9-15(18)23)8-16-19(27)26(22(30)25-16)10-14-5-6-17(34-14)21(29)31-3/h5-9,11H,4,10H2,1-3H3,(H,25,30)/b16-8-/t11-/m0/s1. The van der Waals surface area contributed by atoms with Gasteiger partial charge in [-0.25, -0.2) is 14.4 Å². The Hall–Kier alpha value is -3.31. The SMILES string of the molecule is CCOC(=O)[C@H](C)Oc1c(Br)cc(Cl)cc1/C=C1\NC(=O)N(Cc2ccc(C(=O)OC)o2)C1=O. The zero-order chi connectivity index (χ0) is 25.0. The first-order valence-corrected chi connectivity index (χ1v) is 11.2. The lowest BCUT2D eigenvalue weighted by Crippen LogP contribution is -2.30. The zero-order valence-electron chi connectivity index (χ0n) is 18.3. The van der Waals surface area contributed by atoms with Crippen LogP contribution in [0.5, 0.6) is 5.75 Å². The molecule has 3 rings (SSSR count). The fourth-order valence-corrected chi connectivity index (χ4v) is 3.92. The van der Waals surface area contributed by atoms with Crippen LogP contribution < -0.4 is 10.1 Å². The molecule has 180 valence electrons. The second kappa shape index (κ2) is 10.7. The fraction of sp³-hybridized carbons (Fsp3) is 0.273. The maximum atomic E-state index is 12.9. The number of nitrogens with zero attached hydrogens (tertiary/aromatic N) is 1. The molecule has 12 heteroatoms. The molecule has 0 saturated carbocycles. The van der Waals surface area contributed by atoms with Crippen molar-refractivity contribution in [1.82, 2.24) is 10.2 Å². The van der Waals surface area contributed by atoms with E-state index in [4.69, 9.17) is 25.5 Å². The number of nitrogens with one attached hydrogen (secondary N) is 1. The zero-order valence-corrected chi connectivity index (χ0v) is 20.7. The molecule has 1 aliphatic rings. The van der Waals surface area contributed by atoms with E-state index in [1.165, 1.54) is 38.3 Å². The molecule has 1 fully saturated rings. The van der Waals surface area contributed by atoms with E-state index < -0.39 is 30.0 Å². The highest BCUT2D eigenvalue weighted by Gasteiger charge is 2.35. The predicted octanol–water partition coefficient (Wildman–Crippen LogP) is 3.91. The summed E-state index contributed by atoms with van der Waals surface area (Å²) in [4.78, 5) is 49.8. The maximum Gasteiger partial charge on any atom is 0.373 e. The third-order valence-corrected chi connectivity index (χ3v) is 5.38. The van der Waals surface area contributed by atoms with Gasteiger partial charge in [-0.3, -0.25) is 9.69 Å². The van der Waals surface area contributed by atoms with Gasteiger partial charge in [0.15, 0.2) is 6.10 Å². The topological polar surface area (TPSA) is 124 Å². The highest BCUT2D eigenvalue weighted by Crippen LogP contribution is 2.35. The number of methoxy groups -OCH3 is 1. The molecule has 1 N–H and O–H groups in total. The highest BCUT2D eigenvalue weighted by atomic mass is 79.9. The van der Waals surface area contributed by atoms with Crippen LogP contribution in [-0.2, 0) is 25.6 Å². The van der Waals surface area contributed by atoms with Gasteiger partial charge in [0, 0.05) is 10.6 Å². The molecular formula is C22H20BrClN2O8. The van der Waals surface area contributed by atoms with Gasteiger partial charge >= 0.3 is 18.0 Å². The molecule has 0 radical (unpaired) electrons. The molecule has 1 aromatic carbocycles. The highest BCUT2D eigenvalue weighted by molar-refractivity contribution is 9.10. The summed E-state index contributed by atoms with van der Waals surface area (Å²) in [6.45, 7) is 3.18. The largest absolute Gasteiger partial charge is 0.477 e. The van der Waals surface area contributed by atoms with Gasteiger partial charge < -0.3 is 23.9 Å². The summed E-state index contributed by atoms with van der Waals surface area (Å²) in [5, 5.41) is 2.81. The fourth-order valence-electron chi connectivity index (χ4n) is 3.00. The Bertz CT molecular complexity index is 1180. The number of amides is 3. The smallest absolute Gasteiger partial charge is 0.373 e. The Balaban J connectivity index is 1.86. The molecule has 3 amide bonds. The molecule has 0 unspecified atom stereocenters. The summed E-state index contributed by atoms with van der Waals surface area (Å²) in [6.07, 6.45) is 0.439. The first kappa shape index (κ1) is 25.3. The minimum Gasteiger partial charge on any atom is -0.477 e. The molecule has 34 heavy (non-hydrogen) atoms. The number of imide groups is 1. The summed E-state index contributed by atoms with van der Waals surface area (Å²) in [7, 11) is 1.21. The number of benzene rings is 1. The van der Waals surface area contributed by atoms with Crippen LogP contribution in [0.3, 0.4) is 0 Å². The van der Waals surface area contributed by atoms with Crippen molar-refractivity contribution in [2.45, 2.75) is 26.5 Å². The normalized spacial score (nSPS) is 15.3. The monoisotopic (exact) mass is 554 g/mol. The lowest BCUT2D eigenvalue weighted by molar-refractivity contribution is -0.150. The number of hydrogen-bond donors (Lipinski definition) is 1. The molecule has 1 aromatic heterocycles. The number of urea groups is 1. The first-order chi connectivity index (χ1) is 16.1. The summed E-state index contributed by atoms with van der Waals surface area (Å²) >= 11 is 9.50. The summed E-state index contributed by atoms with van der Waals surface area (Å²) in [5.41, 5.74) is 0.291. The number of hydrogen-bond acceptors (Lipinski definition) is 8. The van der Waals surface area contributed by atoms with E-state index in [-0.39, 0.29) is 36.1 Å². The minimum absolute atomic E-state index is 0.0486. The van der Waals surface area contributed by atoms with Crippen LogP contribution in [0.4, 0.5) is 4.79 Å². The Labute approximate surface area is 207 Å². The van der Waals surface area contributed by atoms with Gasteiger partial charge in [0.2, 0.25) is 5.76 Å². The van der Waals surface area contributed by atoms with Crippen LogP contribution in [0.1, 0.15) is 35.7 Å². The van der Waals surface area contributed by atoms with Gasteiger partial charge in [-0.2, -0.15) is 0 Å². The maximum absolute atomic E-state index is 12.9. The molecule has 2 heterocycles. The number of halogens is 2. The number of carbonyl (C=O) groups excluding carboxylic acids is 4. The van der Waals surface area contributed by atoms with Gasteiger partial charge in [0.05, 0.1) is 24.7 Å². The van der Waals surface area contributed by atoms with Crippen molar-refractivity contribution in [3.05, 3.63) is 56.5 Å². The van der Waals surface area contributed by atoms with Crippen LogP contribution in [0, 0.1) is 0 Å². The number of ether oxygens (including phenoxy) is 3. The molecule has 0 bridgehead atoms. The molecule has 0 aliphatic carbocycles. The second-order valence-corrected chi connectivity index (χ2v) is 8.25. The van der Waals surface area contributed by atoms with Crippen molar-refractivity contribution < 1.29 is 37.8 Å². The van der Waals surface area contributed by atoms with Gasteiger partial charge in [0.1, 0.15) is 17.2 Å². The Morgan fingerprint density at radius 1 is 1.29 bits per heavy atom. The minimum atomic E-state index is -0.942. The van der Waals surface area contributed by atoms with E-state index in [1.54, 1.807) is 13.0 Å². The van der Waals surface area contributed by atoms with Gasteiger partial charge in [0.25, 0.3) is 5.91 Å². The van der Waals surface area contributed by atoms with Crippen molar-refractivity contribution in [3.8, 4) is 5.75 Å². The van der Waals surface area contributed by atoms with E-state index in [2.05, 4.69) is 26.0 Å². The van der Waals surface area contributed by atoms with E-state index >= 15 is 0 Å². The number of carbonyl (C=O) groups is 4. The molecule has 1 aliphatic heterocycles. The Morgan fingerprint density at radius 2 is 2.03 bits per heavy atom. The van der Waals surface area contributed by atoms with Crippen molar-refractivity contribution >= 4 is 57.5 Å². The van der Waals surface area contributed by atoms with E-state index in [0.29, 0.717) is 15.1 Å². The quantitative estimate of drug-likeness (QED) is 0.295. The molecule has 10 nitrogen and oxygen atoms in total. The van der Waals surface area contributed by atoms with Crippen molar-refractivity contribution in [2.75, 3.05) is 13.7 Å². The summed E-state index contributed by atoms with van der Waals surface area (Å²) in [5.74, 6) is -1.50. The van der Waals surface area contributed by atoms with Crippen LogP contribution >= 0.6 is 27.5 Å². The first-order valence-electron chi connectivity index (χ1n) is 9.98. The van der Waals surface area contributed by atoms with Crippen LogP contribution in [-0.4, -0.2) is 48.6 Å². The van der Waals surface area contributed by atoms with E-state index in [9.17, 15) is 19.2 Å². The van der Waals surface area contributed by atoms with Gasteiger partial charge in [-0.1, -0.05) is 11.6 Å². The molecule has 1 saturated heterocycles. The van der Waals surface area contributed by atoms with Crippen molar-refractivity contribution in [3.63, 3.8) is 0 Å². The Kier molecular flexibility index (Phi) is 8.00. The van der Waals surface area contributed by atoms with Gasteiger partial charge in [-0.05, 0) is 60.1 Å². The van der Waals surface area contributed by atoms with E-state index in [0.717, 1.165) is 4.90 Å². The van der Waals surface area contributed by atoms with Crippen molar-refractivity contribution in [1.29, 1.82) is 0 Å². The van der Waals surface area contributed by atoms with Crippen LogP contribution in [0.15, 0.2) is 38.9 Å². The molecule has 0 spiro atoms. The number of furan rings is 1. The Morgan fingerprint density at radius 3 is 2.71 bits per heavy atom. The predicted molar refractivity (Wildman–Crippen MR) is 123 cm³/mol.